The molecule has 2 fully saturated rings. The van der Waals surface area contributed by atoms with Crippen molar-refractivity contribution in [3.8, 4) is 0 Å². The third-order valence-corrected chi connectivity index (χ3v) is 12.1. The van der Waals surface area contributed by atoms with E-state index in [1.165, 1.54) is 18.2 Å². The van der Waals surface area contributed by atoms with E-state index in [2.05, 4.69) is 58.0 Å². The van der Waals surface area contributed by atoms with Crippen LogP contribution >= 0.6 is 0 Å². The van der Waals surface area contributed by atoms with Crippen molar-refractivity contribution in [2.75, 3.05) is 0 Å². The summed E-state index contributed by atoms with van der Waals surface area (Å²) in [7, 11) is -1.06. The van der Waals surface area contributed by atoms with Gasteiger partial charge < -0.3 is 0 Å². The second-order valence-electron chi connectivity index (χ2n) is 8.82. The van der Waals surface area contributed by atoms with Gasteiger partial charge in [0.2, 0.25) is 0 Å². The number of aliphatic hydroxyl groups is 1. The normalized spacial score (nSPS) is 41.5. The Morgan fingerprint density at radius 1 is 1.25 bits per heavy atom. The molecule has 0 radical (unpaired) electrons. The van der Waals surface area contributed by atoms with Crippen molar-refractivity contribution in [1.82, 2.24) is 0 Å². The number of rotatable bonds is 4. The first-order chi connectivity index (χ1) is 9.01. The molecule has 2 aliphatic carbocycles. The molecule has 0 aromatic heterocycles. The Morgan fingerprint density at radius 3 is 2.30 bits per heavy atom. The first-order valence-electron chi connectivity index (χ1n) is 7.98. The Bertz CT molecular complexity index is 398. The van der Waals surface area contributed by atoms with E-state index in [4.69, 9.17) is 0 Å². The van der Waals surface area contributed by atoms with E-state index in [1.54, 1.807) is 0 Å². The van der Waals surface area contributed by atoms with E-state index in [1.807, 2.05) is 0 Å². The molecule has 0 amide bonds. The van der Waals surface area contributed by atoms with Gasteiger partial charge in [-0.15, -0.1) is 0 Å². The Labute approximate surface area is 131 Å². The van der Waals surface area contributed by atoms with Gasteiger partial charge in [-0.05, 0) is 0 Å². The van der Waals surface area contributed by atoms with Crippen molar-refractivity contribution in [2.45, 2.75) is 75.3 Å². The van der Waals surface area contributed by atoms with Crippen molar-refractivity contribution in [3.63, 3.8) is 0 Å². The molecule has 116 valence electrons. The second-order valence-corrected chi connectivity index (χ2v) is 18.6. The van der Waals surface area contributed by atoms with Gasteiger partial charge in [0.25, 0.3) is 0 Å². The summed E-state index contributed by atoms with van der Waals surface area (Å²) in [5, 5.41) is 12.2. The van der Waals surface area contributed by atoms with Gasteiger partial charge in [-0.1, -0.05) is 0 Å². The van der Waals surface area contributed by atoms with Crippen LogP contribution in [0.2, 0.25) is 35.6 Å². The van der Waals surface area contributed by atoms with Crippen LogP contribution in [0.1, 0.15) is 33.6 Å². The zero-order valence-corrected chi connectivity index (χ0v) is 17.1. The third kappa shape index (κ3) is 2.60. The third-order valence-electron chi connectivity index (χ3n) is 6.18. The Hall–Kier alpha value is 0.436. The summed E-state index contributed by atoms with van der Waals surface area (Å²) >= 11 is -0.739. The van der Waals surface area contributed by atoms with Crippen LogP contribution in [0.3, 0.4) is 0 Å². The number of allylic oxidation sites excluding steroid dienone is 1. The molecule has 1 N–H and O–H groups in total. The zero-order chi connectivity index (χ0) is 15.3. The fraction of sp³-hybridized carbons (Fsp3) is 0.882. The van der Waals surface area contributed by atoms with Gasteiger partial charge in [0.1, 0.15) is 0 Å². The molecule has 0 spiro atoms. The first kappa shape index (κ1) is 16.8. The molecule has 0 aromatic rings. The van der Waals surface area contributed by atoms with Crippen molar-refractivity contribution in [1.29, 1.82) is 0 Å². The molecule has 3 heteroatoms. The maximum absolute atomic E-state index is 10.9. The van der Waals surface area contributed by atoms with Gasteiger partial charge in [-0.3, -0.25) is 0 Å². The van der Waals surface area contributed by atoms with Crippen LogP contribution in [-0.4, -0.2) is 33.2 Å². The molecule has 0 aromatic carbocycles. The van der Waals surface area contributed by atoms with Crippen LogP contribution in [0.15, 0.2) is 11.8 Å². The monoisotopic (exact) mass is 361 g/mol. The average Bonchev–Trinajstić information content (AvgIpc) is 2.59. The van der Waals surface area contributed by atoms with Crippen molar-refractivity contribution in [3.05, 3.63) is 11.8 Å². The fourth-order valence-electron chi connectivity index (χ4n) is 4.41. The van der Waals surface area contributed by atoms with E-state index < -0.39 is 22.0 Å². The van der Waals surface area contributed by atoms with Crippen LogP contribution in [0.5, 0.6) is 0 Å². The fourth-order valence-corrected chi connectivity index (χ4v) is 10.7. The Balaban J connectivity index is 2.09. The minimum atomic E-state index is -1.06. The molecule has 1 nitrogen and oxygen atoms in total. The second kappa shape index (κ2) is 5.26. The van der Waals surface area contributed by atoms with Gasteiger partial charge >= 0.3 is 131 Å². The SMILES string of the molecule is C[Se+](C/C=C/[Si](C)(C)C)[C@H]1[C@@H](O)[C@@]2(C)CC[C@@H]1C2(C)C. The molecule has 0 aliphatic heterocycles. The molecule has 1 unspecified atom stereocenters. The van der Waals surface area contributed by atoms with E-state index >= 15 is 0 Å². The van der Waals surface area contributed by atoms with Crippen LogP contribution in [-0.2, 0) is 0 Å². The predicted octanol–water partition coefficient (Wildman–Crippen LogP) is 4.73. The molecule has 5 atom stereocenters. The topological polar surface area (TPSA) is 20.2 Å². The summed E-state index contributed by atoms with van der Waals surface area (Å²) in [5.74, 6) is 3.24. The summed E-state index contributed by atoms with van der Waals surface area (Å²) in [6, 6.07) is 0. The maximum atomic E-state index is 10.9. The molecule has 2 saturated carbocycles. The molecule has 2 aliphatic rings. The van der Waals surface area contributed by atoms with Crippen molar-refractivity contribution >= 4 is 22.0 Å². The van der Waals surface area contributed by atoms with E-state index in [9.17, 15) is 5.11 Å². The molecule has 20 heavy (non-hydrogen) atoms. The zero-order valence-electron chi connectivity index (χ0n) is 14.4. The average molecular weight is 360 g/mol. The quantitative estimate of drug-likeness (QED) is 0.719. The van der Waals surface area contributed by atoms with Crippen LogP contribution in [0, 0.1) is 16.7 Å². The summed E-state index contributed by atoms with van der Waals surface area (Å²) in [6.07, 6.45) is 4.97. The van der Waals surface area contributed by atoms with E-state index in [0.29, 0.717) is 10.2 Å². The number of aliphatic hydroxyl groups excluding tert-OH is 1. The van der Waals surface area contributed by atoms with Crippen molar-refractivity contribution < 1.29 is 5.11 Å². The Morgan fingerprint density at radius 2 is 1.85 bits per heavy atom. The first-order valence-corrected chi connectivity index (χ1v) is 15.5. The molecule has 2 rings (SSSR count). The molecule has 0 saturated heterocycles. The molecular weight excluding hydrogens is 327 g/mol. The van der Waals surface area contributed by atoms with Crippen LogP contribution in [0.25, 0.3) is 0 Å². The summed E-state index contributed by atoms with van der Waals surface area (Å²) in [6.45, 7) is 14.3. The molecule has 2 bridgehead atoms. The van der Waals surface area contributed by atoms with Gasteiger partial charge in [0, 0.05) is 0 Å². The number of hydrogen-bond donors (Lipinski definition) is 1. The summed E-state index contributed by atoms with van der Waals surface area (Å²) in [4.78, 5) is 0.620. The number of fused-ring (bicyclic) bond motifs is 2. The summed E-state index contributed by atoms with van der Waals surface area (Å²) < 4.78 is 0. The predicted molar refractivity (Wildman–Crippen MR) is 93.3 cm³/mol. The standard InChI is InChI=1S/C17H33OSeSi/c1-16(2)13-9-10-17(16,3)15(18)14(13)19(4)11-8-12-20(5,6)7/h8,12-15,18H,9-11H2,1-7H3/q+1/b12-8+/t13-,14+,15+,17+,19?/m0/s1. The number of hydrogen-bond acceptors (Lipinski definition) is 1. The van der Waals surface area contributed by atoms with Gasteiger partial charge in [-0.25, -0.2) is 0 Å². The van der Waals surface area contributed by atoms with E-state index in [-0.39, 0.29) is 11.5 Å². The molecular formula is C17H33OSeSi+. The van der Waals surface area contributed by atoms with Gasteiger partial charge in [-0.2, -0.15) is 0 Å². The Kier molecular flexibility index (Phi) is 4.42. The van der Waals surface area contributed by atoms with Gasteiger partial charge in [0.05, 0.1) is 0 Å². The minimum absolute atomic E-state index is 0.0495. The summed E-state index contributed by atoms with van der Waals surface area (Å²) in [5.41, 5.74) is 2.99. The van der Waals surface area contributed by atoms with E-state index in [0.717, 1.165) is 5.92 Å². The molecule has 0 heterocycles. The van der Waals surface area contributed by atoms with Gasteiger partial charge in [0.15, 0.2) is 0 Å². The van der Waals surface area contributed by atoms with Crippen molar-refractivity contribution in [2.24, 2.45) is 16.7 Å². The van der Waals surface area contributed by atoms with Crippen LogP contribution in [0.4, 0.5) is 0 Å². The van der Waals surface area contributed by atoms with Crippen LogP contribution < -0.4 is 0 Å².